The quantitative estimate of drug-likeness (QED) is 0.609. The fraction of sp³-hybridized carbons (Fsp3) is 0.154. The van der Waals surface area contributed by atoms with Crippen LogP contribution >= 0.6 is 0 Å². The first-order valence-corrected chi connectivity index (χ1v) is 6.09. The predicted molar refractivity (Wildman–Crippen MR) is 78.0 cm³/mol. The number of aromatic amines is 1. The lowest BCUT2D eigenvalue weighted by molar-refractivity contribution is 0.756. The zero-order valence-electron chi connectivity index (χ0n) is 11.1. The lowest BCUT2D eigenvalue weighted by Crippen LogP contribution is -2.07. The van der Waals surface area contributed by atoms with Crippen LogP contribution in [0.15, 0.2) is 29.5 Å². The van der Waals surface area contributed by atoms with Crippen LogP contribution in [0.25, 0.3) is 10.9 Å². The zero-order chi connectivity index (χ0) is 14.3. The van der Waals surface area contributed by atoms with Crippen molar-refractivity contribution in [2.45, 2.75) is 6.92 Å². The van der Waals surface area contributed by atoms with Crippen LogP contribution in [-0.2, 0) is 7.05 Å². The van der Waals surface area contributed by atoms with Crippen LogP contribution in [-0.4, -0.2) is 19.7 Å². The highest BCUT2D eigenvalue weighted by Crippen LogP contribution is 2.27. The maximum Gasteiger partial charge on any atom is 0.258 e. The average molecular weight is 270 g/mol. The lowest BCUT2D eigenvalue weighted by Gasteiger charge is -2.09. The van der Waals surface area contributed by atoms with Crippen molar-refractivity contribution in [2.24, 2.45) is 7.05 Å². The number of rotatable bonds is 2. The van der Waals surface area contributed by atoms with Crippen LogP contribution in [0.4, 0.5) is 17.1 Å². The van der Waals surface area contributed by atoms with Crippen LogP contribution < -0.4 is 16.6 Å². The number of nitrogens with one attached hydrogen (secondary N) is 2. The highest BCUT2D eigenvalue weighted by Gasteiger charge is 2.09. The lowest BCUT2D eigenvalue weighted by atomic mass is 10.2. The van der Waals surface area contributed by atoms with Gasteiger partial charge in [0.1, 0.15) is 0 Å². The van der Waals surface area contributed by atoms with E-state index in [4.69, 9.17) is 5.73 Å². The minimum atomic E-state index is -0.203. The summed E-state index contributed by atoms with van der Waals surface area (Å²) in [4.78, 5) is 18.3. The van der Waals surface area contributed by atoms with Gasteiger partial charge in [0.2, 0.25) is 0 Å². The van der Waals surface area contributed by atoms with Crippen LogP contribution in [0.3, 0.4) is 0 Å². The number of benzene rings is 1. The third-order valence-electron chi connectivity index (χ3n) is 3.09. The molecule has 0 spiro atoms. The van der Waals surface area contributed by atoms with Crippen molar-refractivity contribution >= 4 is 28.0 Å². The van der Waals surface area contributed by atoms with Crippen LogP contribution in [0.1, 0.15) is 5.69 Å². The molecule has 0 radical (unpaired) electrons. The fourth-order valence-corrected chi connectivity index (χ4v) is 2.11. The smallest absolute Gasteiger partial charge is 0.258 e. The van der Waals surface area contributed by atoms with E-state index in [0.29, 0.717) is 22.3 Å². The Balaban J connectivity index is 2.10. The normalized spacial score (nSPS) is 10.9. The van der Waals surface area contributed by atoms with Crippen molar-refractivity contribution in [1.82, 2.24) is 19.7 Å². The van der Waals surface area contributed by atoms with Gasteiger partial charge in [0.05, 0.1) is 40.0 Å². The summed E-state index contributed by atoms with van der Waals surface area (Å²) < 4.78 is 1.72. The van der Waals surface area contributed by atoms with Crippen molar-refractivity contribution in [2.75, 3.05) is 11.1 Å². The molecule has 0 aliphatic heterocycles. The minimum absolute atomic E-state index is 0.203. The van der Waals surface area contributed by atoms with Gasteiger partial charge in [-0.2, -0.15) is 5.10 Å². The van der Waals surface area contributed by atoms with Gasteiger partial charge in [-0.05, 0) is 19.1 Å². The second-order valence-electron chi connectivity index (χ2n) is 4.62. The van der Waals surface area contributed by atoms with Crippen molar-refractivity contribution < 1.29 is 0 Å². The molecule has 0 aliphatic carbocycles. The first kappa shape index (κ1) is 12.2. The number of aromatic nitrogens is 4. The summed E-state index contributed by atoms with van der Waals surface area (Å²) in [7, 11) is 1.85. The Morgan fingerprint density at radius 1 is 1.35 bits per heavy atom. The molecule has 7 heteroatoms. The van der Waals surface area contributed by atoms with Crippen molar-refractivity contribution in [1.29, 1.82) is 0 Å². The van der Waals surface area contributed by atoms with Gasteiger partial charge in [0, 0.05) is 13.2 Å². The highest BCUT2D eigenvalue weighted by molar-refractivity contribution is 5.89. The van der Waals surface area contributed by atoms with Crippen LogP contribution in [0.5, 0.6) is 0 Å². The molecule has 0 unspecified atom stereocenters. The largest absolute Gasteiger partial charge is 0.397 e. The van der Waals surface area contributed by atoms with E-state index in [-0.39, 0.29) is 5.56 Å². The molecule has 20 heavy (non-hydrogen) atoms. The molecular weight excluding hydrogens is 256 g/mol. The summed E-state index contributed by atoms with van der Waals surface area (Å²) in [6.07, 6.45) is 3.24. The van der Waals surface area contributed by atoms with E-state index in [0.717, 1.165) is 11.4 Å². The molecule has 2 aromatic heterocycles. The maximum atomic E-state index is 11.7. The van der Waals surface area contributed by atoms with Crippen molar-refractivity contribution in [3.63, 3.8) is 0 Å². The number of hydrogen-bond donors (Lipinski definition) is 3. The molecule has 0 aliphatic rings. The van der Waals surface area contributed by atoms with Crippen LogP contribution in [0, 0.1) is 6.92 Å². The molecular formula is C13H14N6O. The van der Waals surface area contributed by atoms with E-state index in [9.17, 15) is 4.79 Å². The molecule has 102 valence electrons. The molecule has 0 saturated carbocycles. The molecule has 7 nitrogen and oxygen atoms in total. The van der Waals surface area contributed by atoms with Gasteiger partial charge in [-0.3, -0.25) is 9.48 Å². The molecule has 0 bridgehead atoms. The monoisotopic (exact) mass is 270 g/mol. The Bertz CT molecular complexity index is 848. The molecule has 0 saturated heterocycles. The van der Waals surface area contributed by atoms with Gasteiger partial charge in [0.25, 0.3) is 5.56 Å². The Kier molecular flexibility index (Phi) is 2.67. The third-order valence-corrected chi connectivity index (χ3v) is 3.09. The Hall–Kier alpha value is -2.83. The molecule has 0 atom stereocenters. The van der Waals surface area contributed by atoms with Gasteiger partial charge in [-0.25, -0.2) is 4.98 Å². The molecule has 2 heterocycles. The average Bonchev–Trinajstić information content (AvgIpc) is 2.70. The van der Waals surface area contributed by atoms with E-state index >= 15 is 0 Å². The molecule has 0 fully saturated rings. The molecule has 3 aromatic rings. The summed E-state index contributed by atoms with van der Waals surface area (Å²) in [5.41, 5.74) is 9.29. The number of fused-ring (bicyclic) bond motifs is 1. The number of nitrogens with two attached hydrogens (primary N) is 1. The predicted octanol–water partition coefficient (Wildman–Crippen LogP) is 1.29. The second kappa shape index (κ2) is 4.37. The van der Waals surface area contributed by atoms with Gasteiger partial charge in [-0.1, -0.05) is 0 Å². The van der Waals surface area contributed by atoms with E-state index < -0.39 is 0 Å². The molecule has 1 aromatic carbocycles. The summed E-state index contributed by atoms with van der Waals surface area (Å²) in [6, 6.07) is 3.38. The number of H-pyrrole nitrogens is 1. The third kappa shape index (κ3) is 1.99. The van der Waals surface area contributed by atoms with Crippen molar-refractivity contribution in [3.05, 3.63) is 40.7 Å². The van der Waals surface area contributed by atoms with E-state index in [2.05, 4.69) is 20.4 Å². The highest BCUT2D eigenvalue weighted by atomic mass is 16.1. The SMILES string of the molecule is Cc1nn(C)cc1Nc1cc2nc[nH]c(=O)c2cc1N. The fourth-order valence-electron chi connectivity index (χ4n) is 2.11. The Labute approximate surface area is 114 Å². The second-order valence-corrected chi connectivity index (χ2v) is 4.62. The number of anilines is 3. The first-order chi connectivity index (χ1) is 9.54. The number of nitrogen functional groups attached to an aromatic ring is 1. The van der Waals surface area contributed by atoms with E-state index in [1.165, 1.54) is 6.33 Å². The standard InChI is InChI=1S/C13H14N6O/c1-7-12(5-19(2)18-7)17-11-4-10-8(3-9(11)14)13(20)16-6-15-10/h3-6,17H,14H2,1-2H3,(H,15,16,20). The van der Waals surface area contributed by atoms with Gasteiger partial charge >= 0.3 is 0 Å². The van der Waals surface area contributed by atoms with Gasteiger partial charge < -0.3 is 16.0 Å². The summed E-state index contributed by atoms with van der Waals surface area (Å²) >= 11 is 0. The number of hydrogen-bond acceptors (Lipinski definition) is 5. The summed E-state index contributed by atoms with van der Waals surface area (Å²) in [6.45, 7) is 1.91. The maximum absolute atomic E-state index is 11.7. The number of aryl methyl sites for hydroxylation is 2. The topological polar surface area (TPSA) is 102 Å². The minimum Gasteiger partial charge on any atom is -0.397 e. The summed E-state index contributed by atoms with van der Waals surface area (Å²) in [5, 5.41) is 7.94. The van der Waals surface area contributed by atoms with Gasteiger partial charge in [0.15, 0.2) is 0 Å². The first-order valence-electron chi connectivity index (χ1n) is 6.09. The Morgan fingerprint density at radius 3 is 2.85 bits per heavy atom. The molecule has 0 amide bonds. The number of nitrogens with zero attached hydrogens (tertiary/aromatic N) is 3. The zero-order valence-corrected chi connectivity index (χ0v) is 11.1. The molecule has 4 N–H and O–H groups in total. The van der Waals surface area contributed by atoms with Gasteiger partial charge in [-0.15, -0.1) is 0 Å². The van der Waals surface area contributed by atoms with E-state index in [1.807, 2.05) is 20.2 Å². The van der Waals surface area contributed by atoms with Crippen molar-refractivity contribution in [3.8, 4) is 0 Å². The summed E-state index contributed by atoms with van der Waals surface area (Å²) in [5.74, 6) is 0. The molecule has 3 rings (SSSR count). The van der Waals surface area contributed by atoms with E-state index in [1.54, 1.807) is 16.8 Å². The Morgan fingerprint density at radius 2 is 2.15 bits per heavy atom. The van der Waals surface area contributed by atoms with Crippen LogP contribution in [0.2, 0.25) is 0 Å².